The van der Waals surface area contributed by atoms with Crippen LogP contribution in [0, 0.1) is 5.82 Å². The molecule has 132 valence electrons. The summed E-state index contributed by atoms with van der Waals surface area (Å²) in [4.78, 5) is 25.0. The number of amides is 1. The van der Waals surface area contributed by atoms with Crippen molar-refractivity contribution in [2.45, 2.75) is 39.3 Å². The standard InChI is InChI=1S/C19H21FN2O3/c1-2-25-16-11-17(23)22-10-4-3-5-15(22)18(16)19(24)21-12-13-6-8-14(20)9-7-13/h6-9,11H,2-5,10,12H2,1H3,(H,21,24). The first-order chi connectivity index (χ1) is 12.1. The lowest BCUT2D eigenvalue weighted by molar-refractivity contribution is 0.0944. The predicted molar refractivity (Wildman–Crippen MR) is 92.4 cm³/mol. The van der Waals surface area contributed by atoms with Crippen LogP contribution in [-0.2, 0) is 19.5 Å². The van der Waals surface area contributed by atoms with E-state index < -0.39 is 0 Å². The highest BCUT2D eigenvalue weighted by Gasteiger charge is 2.24. The lowest BCUT2D eigenvalue weighted by Crippen LogP contribution is -2.33. The molecule has 6 heteroatoms. The maximum Gasteiger partial charge on any atom is 0.257 e. The highest BCUT2D eigenvalue weighted by Crippen LogP contribution is 2.25. The molecular formula is C19H21FN2O3. The van der Waals surface area contributed by atoms with Crippen LogP contribution in [0.2, 0.25) is 0 Å². The summed E-state index contributed by atoms with van der Waals surface area (Å²) in [6.07, 6.45) is 2.54. The lowest BCUT2D eigenvalue weighted by Gasteiger charge is -2.23. The number of pyridine rings is 1. The zero-order valence-corrected chi connectivity index (χ0v) is 14.2. The molecule has 0 atom stereocenters. The van der Waals surface area contributed by atoms with Crippen molar-refractivity contribution in [3.05, 3.63) is 63.3 Å². The van der Waals surface area contributed by atoms with Crippen molar-refractivity contribution < 1.29 is 13.9 Å². The van der Waals surface area contributed by atoms with Crippen LogP contribution in [0.5, 0.6) is 5.75 Å². The molecule has 0 fully saturated rings. The van der Waals surface area contributed by atoms with E-state index in [2.05, 4.69) is 5.32 Å². The van der Waals surface area contributed by atoms with Crippen LogP contribution in [0.25, 0.3) is 0 Å². The molecule has 1 amide bonds. The van der Waals surface area contributed by atoms with Crippen molar-refractivity contribution in [2.24, 2.45) is 0 Å². The second-order valence-electron chi connectivity index (χ2n) is 6.02. The second kappa shape index (κ2) is 7.51. The monoisotopic (exact) mass is 344 g/mol. The minimum atomic E-state index is -0.315. The lowest BCUT2D eigenvalue weighted by atomic mass is 10.0. The molecule has 5 nitrogen and oxygen atoms in total. The maximum absolute atomic E-state index is 13.0. The summed E-state index contributed by atoms with van der Waals surface area (Å²) in [5, 5.41) is 2.85. The fraction of sp³-hybridized carbons (Fsp3) is 0.368. The largest absolute Gasteiger partial charge is 0.493 e. The predicted octanol–water partition coefficient (Wildman–Crippen LogP) is 2.65. The Morgan fingerprint density at radius 2 is 2.04 bits per heavy atom. The zero-order valence-electron chi connectivity index (χ0n) is 14.2. The Morgan fingerprint density at radius 3 is 2.76 bits per heavy atom. The van der Waals surface area contributed by atoms with E-state index >= 15 is 0 Å². The maximum atomic E-state index is 13.0. The zero-order chi connectivity index (χ0) is 17.8. The minimum Gasteiger partial charge on any atom is -0.493 e. The summed E-state index contributed by atoms with van der Waals surface area (Å²) < 4.78 is 20.2. The van der Waals surface area contributed by atoms with Crippen molar-refractivity contribution in [3.8, 4) is 5.75 Å². The van der Waals surface area contributed by atoms with Gasteiger partial charge in [-0.3, -0.25) is 9.59 Å². The van der Waals surface area contributed by atoms with Crippen molar-refractivity contribution in [2.75, 3.05) is 6.61 Å². The molecule has 1 aliphatic rings. The van der Waals surface area contributed by atoms with Gasteiger partial charge in [0.25, 0.3) is 11.5 Å². The molecule has 2 aromatic rings. The number of nitrogens with zero attached hydrogens (tertiary/aromatic N) is 1. The van der Waals surface area contributed by atoms with Gasteiger partial charge >= 0.3 is 0 Å². The highest BCUT2D eigenvalue weighted by atomic mass is 19.1. The van der Waals surface area contributed by atoms with Gasteiger partial charge in [0.2, 0.25) is 0 Å². The van der Waals surface area contributed by atoms with E-state index in [0.29, 0.717) is 30.9 Å². The molecule has 1 aliphatic heterocycles. The molecule has 25 heavy (non-hydrogen) atoms. The molecule has 2 heterocycles. The normalized spacial score (nSPS) is 13.2. The molecule has 3 rings (SSSR count). The van der Waals surface area contributed by atoms with Crippen molar-refractivity contribution >= 4 is 5.91 Å². The molecule has 0 bridgehead atoms. The number of fused-ring (bicyclic) bond motifs is 1. The summed E-state index contributed by atoms with van der Waals surface area (Å²) in [6, 6.07) is 7.37. The smallest absolute Gasteiger partial charge is 0.257 e. The van der Waals surface area contributed by atoms with Gasteiger partial charge in [0.1, 0.15) is 17.1 Å². The SMILES string of the molecule is CCOc1cc(=O)n2c(c1C(=O)NCc1ccc(F)cc1)CCCC2. The van der Waals surface area contributed by atoms with Crippen LogP contribution in [-0.4, -0.2) is 17.1 Å². The van der Waals surface area contributed by atoms with Crippen LogP contribution >= 0.6 is 0 Å². The van der Waals surface area contributed by atoms with Crippen molar-refractivity contribution in [1.29, 1.82) is 0 Å². The Hall–Kier alpha value is -2.63. The molecule has 0 spiro atoms. The van der Waals surface area contributed by atoms with Gasteiger partial charge in [0.05, 0.1) is 6.61 Å². The summed E-state index contributed by atoms with van der Waals surface area (Å²) >= 11 is 0. The number of carbonyl (C=O) groups is 1. The number of rotatable bonds is 5. The van der Waals surface area contributed by atoms with Gasteiger partial charge in [-0.2, -0.15) is 0 Å². The minimum absolute atomic E-state index is 0.131. The molecule has 0 saturated carbocycles. The quantitative estimate of drug-likeness (QED) is 0.907. The summed E-state index contributed by atoms with van der Waals surface area (Å²) in [5.41, 5.74) is 1.84. The van der Waals surface area contributed by atoms with Crippen LogP contribution in [0.4, 0.5) is 4.39 Å². The van der Waals surface area contributed by atoms with Crippen LogP contribution < -0.4 is 15.6 Å². The Bertz CT molecular complexity index is 828. The molecule has 0 radical (unpaired) electrons. The van der Waals surface area contributed by atoms with E-state index in [9.17, 15) is 14.0 Å². The molecule has 0 aliphatic carbocycles. The second-order valence-corrected chi connectivity index (χ2v) is 6.02. The summed E-state index contributed by atoms with van der Waals surface area (Å²) in [6.45, 7) is 3.10. The fourth-order valence-corrected chi connectivity index (χ4v) is 3.13. The Kier molecular flexibility index (Phi) is 5.16. The van der Waals surface area contributed by atoms with E-state index in [1.165, 1.54) is 18.2 Å². The molecule has 0 saturated heterocycles. The number of hydrogen-bond donors (Lipinski definition) is 1. The van der Waals surface area contributed by atoms with Gasteiger partial charge in [0, 0.05) is 24.8 Å². The topological polar surface area (TPSA) is 60.3 Å². The first-order valence-corrected chi connectivity index (χ1v) is 8.52. The average Bonchev–Trinajstić information content (AvgIpc) is 2.61. The van der Waals surface area contributed by atoms with E-state index in [-0.39, 0.29) is 23.8 Å². The van der Waals surface area contributed by atoms with Gasteiger partial charge in [-0.1, -0.05) is 12.1 Å². The van der Waals surface area contributed by atoms with Gasteiger partial charge in [0.15, 0.2) is 0 Å². The number of hydrogen-bond acceptors (Lipinski definition) is 3. The third-order valence-corrected chi connectivity index (χ3v) is 4.32. The fourth-order valence-electron chi connectivity index (χ4n) is 3.13. The van der Waals surface area contributed by atoms with Gasteiger partial charge < -0.3 is 14.6 Å². The Labute approximate surface area is 145 Å². The number of nitrogens with one attached hydrogen (secondary N) is 1. The molecule has 0 unspecified atom stereocenters. The number of ether oxygens (including phenoxy) is 1. The van der Waals surface area contributed by atoms with E-state index in [1.54, 1.807) is 16.7 Å². The van der Waals surface area contributed by atoms with Crippen molar-refractivity contribution in [3.63, 3.8) is 0 Å². The number of carbonyl (C=O) groups excluding carboxylic acids is 1. The third-order valence-electron chi connectivity index (χ3n) is 4.32. The number of benzene rings is 1. The first-order valence-electron chi connectivity index (χ1n) is 8.52. The Morgan fingerprint density at radius 1 is 1.28 bits per heavy atom. The highest BCUT2D eigenvalue weighted by molar-refractivity contribution is 5.98. The molecule has 1 aromatic carbocycles. The van der Waals surface area contributed by atoms with Crippen LogP contribution in [0.3, 0.4) is 0 Å². The average molecular weight is 344 g/mol. The van der Waals surface area contributed by atoms with E-state index in [0.717, 1.165) is 24.1 Å². The van der Waals surface area contributed by atoms with Gasteiger partial charge in [-0.05, 0) is 43.9 Å². The summed E-state index contributed by atoms with van der Waals surface area (Å²) in [7, 11) is 0. The number of halogens is 1. The van der Waals surface area contributed by atoms with Crippen molar-refractivity contribution in [1.82, 2.24) is 9.88 Å². The van der Waals surface area contributed by atoms with E-state index in [1.807, 2.05) is 6.92 Å². The summed E-state index contributed by atoms with van der Waals surface area (Å²) in [5.74, 6) is -0.263. The molecule has 1 aromatic heterocycles. The molecule has 1 N–H and O–H groups in total. The third kappa shape index (κ3) is 3.73. The molecular weight excluding hydrogens is 323 g/mol. The van der Waals surface area contributed by atoms with Gasteiger partial charge in [-0.15, -0.1) is 0 Å². The number of aromatic nitrogens is 1. The van der Waals surface area contributed by atoms with E-state index in [4.69, 9.17) is 4.74 Å². The Balaban J connectivity index is 1.89. The van der Waals surface area contributed by atoms with Crippen LogP contribution in [0.1, 0.15) is 41.4 Å². The van der Waals surface area contributed by atoms with Gasteiger partial charge in [-0.25, -0.2) is 4.39 Å². The first kappa shape index (κ1) is 17.2. The van der Waals surface area contributed by atoms with Crippen LogP contribution in [0.15, 0.2) is 35.1 Å².